The van der Waals surface area contributed by atoms with E-state index in [2.05, 4.69) is 16.6 Å². The third kappa shape index (κ3) is 5.77. The SMILES string of the molecule is C=CCNS(=O)(=O)c1cccc(C(=O)O[C@@H](C)C(=O)Nc2ccc(C)cc2)c1. The summed E-state index contributed by atoms with van der Waals surface area (Å²) in [6.07, 6.45) is 0.345. The summed E-state index contributed by atoms with van der Waals surface area (Å²) in [4.78, 5) is 24.4. The van der Waals surface area contributed by atoms with Gasteiger partial charge < -0.3 is 10.1 Å². The summed E-state index contributed by atoms with van der Waals surface area (Å²) >= 11 is 0. The van der Waals surface area contributed by atoms with Crippen molar-refractivity contribution in [3.63, 3.8) is 0 Å². The number of carbonyl (C=O) groups is 2. The monoisotopic (exact) mass is 402 g/mol. The smallest absolute Gasteiger partial charge is 0.338 e. The summed E-state index contributed by atoms with van der Waals surface area (Å²) in [5.41, 5.74) is 1.66. The first kappa shape index (κ1) is 21.3. The number of benzene rings is 2. The molecule has 0 bridgehead atoms. The molecule has 1 amide bonds. The molecule has 28 heavy (non-hydrogen) atoms. The van der Waals surface area contributed by atoms with Crippen LogP contribution in [0.2, 0.25) is 0 Å². The molecule has 2 aromatic carbocycles. The van der Waals surface area contributed by atoms with Crippen LogP contribution < -0.4 is 10.0 Å². The number of esters is 1. The number of ether oxygens (including phenoxy) is 1. The Kier molecular flexibility index (Phi) is 7.08. The first-order valence-corrected chi connectivity index (χ1v) is 10.0. The van der Waals surface area contributed by atoms with Crippen LogP contribution >= 0.6 is 0 Å². The third-order valence-electron chi connectivity index (χ3n) is 3.77. The van der Waals surface area contributed by atoms with Crippen LogP contribution in [-0.2, 0) is 19.6 Å². The van der Waals surface area contributed by atoms with Gasteiger partial charge in [-0.25, -0.2) is 17.9 Å². The molecule has 2 aromatic rings. The highest BCUT2D eigenvalue weighted by atomic mass is 32.2. The fraction of sp³-hybridized carbons (Fsp3) is 0.200. The molecule has 148 valence electrons. The lowest BCUT2D eigenvalue weighted by Gasteiger charge is -2.14. The zero-order chi connectivity index (χ0) is 20.7. The van der Waals surface area contributed by atoms with E-state index in [0.717, 1.165) is 5.56 Å². The summed E-state index contributed by atoms with van der Waals surface area (Å²) in [5.74, 6) is -1.29. The van der Waals surface area contributed by atoms with E-state index >= 15 is 0 Å². The molecule has 0 radical (unpaired) electrons. The highest BCUT2D eigenvalue weighted by Gasteiger charge is 2.21. The second-order valence-corrected chi connectivity index (χ2v) is 7.84. The zero-order valence-corrected chi connectivity index (χ0v) is 16.5. The molecule has 0 aliphatic rings. The van der Waals surface area contributed by atoms with Gasteiger partial charge in [0.05, 0.1) is 10.5 Å². The first-order valence-electron chi connectivity index (χ1n) is 8.52. The molecule has 0 aliphatic heterocycles. The molecule has 7 nitrogen and oxygen atoms in total. The Bertz CT molecular complexity index is 968. The van der Waals surface area contributed by atoms with Gasteiger partial charge in [0, 0.05) is 12.2 Å². The van der Waals surface area contributed by atoms with Crippen molar-refractivity contribution >= 4 is 27.6 Å². The Morgan fingerprint density at radius 2 is 1.86 bits per heavy atom. The summed E-state index contributed by atoms with van der Waals surface area (Å²) in [6, 6.07) is 12.6. The van der Waals surface area contributed by atoms with E-state index in [1.165, 1.54) is 37.3 Å². The maximum Gasteiger partial charge on any atom is 0.338 e. The van der Waals surface area contributed by atoms with Crippen LogP contribution in [0.25, 0.3) is 0 Å². The van der Waals surface area contributed by atoms with Gasteiger partial charge in [-0.3, -0.25) is 4.79 Å². The quantitative estimate of drug-likeness (QED) is 0.522. The molecule has 8 heteroatoms. The molecule has 0 spiro atoms. The lowest BCUT2D eigenvalue weighted by molar-refractivity contribution is -0.123. The number of rotatable bonds is 8. The Balaban J connectivity index is 2.05. The standard InChI is InChI=1S/C20H22N2O5S/c1-4-12-21-28(25,26)18-7-5-6-16(13-18)20(24)27-15(3)19(23)22-17-10-8-14(2)9-11-17/h4-11,13,15,21H,1,12H2,2-3H3,(H,22,23)/t15-/m0/s1. The Labute approximate surface area is 164 Å². The average Bonchev–Trinajstić information content (AvgIpc) is 2.68. The van der Waals surface area contributed by atoms with Crippen molar-refractivity contribution in [2.75, 3.05) is 11.9 Å². The highest BCUT2D eigenvalue weighted by Crippen LogP contribution is 2.14. The number of sulfonamides is 1. The van der Waals surface area contributed by atoms with E-state index in [1.54, 1.807) is 12.1 Å². The van der Waals surface area contributed by atoms with E-state index in [1.807, 2.05) is 19.1 Å². The predicted octanol–water partition coefficient (Wildman–Crippen LogP) is 2.64. The van der Waals surface area contributed by atoms with Crippen molar-refractivity contribution in [2.24, 2.45) is 0 Å². The van der Waals surface area contributed by atoms with Crippen molar-refractivity contribution in [3.05, 3.63) is 72.3 Å². The average molecular weight is 402 g/mol. The fourth-order valence-corrected chi connectivity index (χ4v) is 3.25. The minimum atomic E-state index is -3.78. The molecular weight excluding hydrogens is 380 g/mol. The van der Waals surface area contributed by atoms with Gasteiger partial charge >= 0.3 is 5.97 Å². The number of hydrogen-bond acceptors (Lipinski definition) is 5. The molecule has 2 N–H and O–H groups in total. The maximum absolute atomic E-state index is 12.3. The molecular formula is C20H22N2O5S. The van der Waals surface area contributed by atoms with Crippen LogP contribution in [0.4, 0.5) is 5.69 Å². The minimum Gasteiger partial charge on any atom is -0.449 e. The van der Waals surface area contributed by atoms with E-state index in [9.17, 15) is 18.0 Å². The van der Waals surface area contributed by atoms with E-state index < -0.39 is 28.0 Å². The van der Waals surface area contributed by atoms with Crippen LogP contribution in [0, 0.1) is 6.92 Å². The highest BCUT2D eigenvalue weighted by molar-refractivity contribution is 7.89. The second-order valence-electron chi connectivity index (χ2n) is 6.07. The molecule has 0 unspecified atom stereocenters. The maximum atomic E-state index is 12.3. The molecule has 1 atom stereocenters. The largest absolute Gasteiger partial charge is 0.449 e. The van der Waals surface area contributed by atoms with Gasteiger partial charge in [0.15, 0.2) is 6.10 Å². The van der Waals surface area contributed by atoms with Gasteiger partial charge in [0.25, 0.3) is 5.91 Å². The molecule has 0 saturated heterocycles. The number of anilines is 1. The minimum absolute atomic E-state index is 0.0245. The van der Waals surface area contributed by atoms with Crippen LogP contribution in [-0.4, -0.2) is 32.9 Å². The van der Waals surface area contributed by atoms with Gasteiger partial charge in [-0.05, 0) is 44.2 Å². The van der Waals surface area contributed by atoms with Crippen molar-refractivity contribution in [2.45, 2.75) is 24.8 Å². The fourth-order valence-electron chi connectivity index (χ4n) is 2.21. The third-order valence-corrected chi connectivity index (χ3v) is 5.19. The summed E-state index contributed by atoms with van der Waals surface area (Å²) in [6.45, 7) is 6.88. The lowest BCUT2D eigenvalue weighted by Crippen LogP contribution is -2.30. The van der Waals surface area contributed by atoms with Crippen LogP contribution in [0.15, 0.2) is 66.1 Å². The number of amides is 1. The number of carbonyl (C=O) groups excluding carboxylic acids is 2. The topological polar surface area (TPSA) is 102 Å². The van der Waals surface area contributed by atoms with Crippen LogP contribution in [0.3, 0.4) is 0 Å². The number of hydrogen-bond donors (Lipinski definition) is 2. The first-order chi connectivity index (χ1) is 13.2. The summed E-state index contributed by atoms with van der Waals surface area (Å²) < 4.78 is 31.8. The Morgan fingerprint density at radius 3 is 2.50 bits per heavy atom. The van der Waals surface area contributed by atoms with E-state index in [0.29, 0.717) is 5.69 Å². The van der Waals surface area contributed by atoms with Crippen molar-refractivity contribution in [1.29, 1.82) is 0 Å². The van der Waals surface area contributed by atoms with Crippen LogP contribution in [0.5, 0.6) is 0 Å². The molecule has 0 heterocycles. The molecule has 0 saturated carbocycles. The lowest BCUT2D eigenvalue weighted by atomic mass is 10.2. The number of aryl methyl sites for hydroxylation is 1. The van der Waals surface area contributed by atoms with Gasteiger partial charge in [-0.1, -0.05) is 29.8 Å². The second kappa shape index (κ2) is 9.29. The zero-order valence-electron chi connectivity index (χ0n) is 15.6. The van der Waals surface area contributed by atoms with Gasteiger partial charge in [-0.15, -0.1) is 6.58 Å². The van der Waals surface area contributed by atoms with Gasteiger partial charge in [0.2, 0.25) is 10.0 Å². The molecule has 0 aromatic heterocycles. The van der Waals surface area contributed by atoms with Crippen LogP contribution in [0.1, 0.15) is 22.8 Å². The van der Waals surface area contributed by atoms with Crippen molar-refractivity contribution in [3.8, 4) is 0 Å². The predicted molar refractivity (Wildman–Crippen MR) is 107 cm³/mol. The van der Waals surface area contributed by atoms with Crippen molar-refractivity contribution in [1.82, 2.24) is 4.72 Å². The number of nitrogens with one attached hydrogen (secondary N) is 2. The normalized spacial score (nSPS) is 12.1. The summed E-state index contributed by atoms with van der Waals surface area (Å²) in [5, 5.41) is 2.65. The Morgan fingerprint density at radius 1 is 1.18 bits per heavy atom. The van der Waals surface area contributed by atoms with Gasteiger partial charge in [0.1, 0.15) is 0 Å². The molecule has 2 rings (SSSR count). The Hall–Kier alpha value is -2.97. The summed E-state index contributed by atoms with van der Waals surface area (Å²) in [7, 11) is -3.78. The molecule has 0 fully saturated rings. The van der Waals surface area contributed by atoms with Crippen molar-refractivity contribution < 1.29 is 22.7 Å². The van der Waals surface area contributed by atoms with E-state index in [-0.39, 0.29) is 17.0 Å². The van der Waals surface area contributed by atoms with E-state index in [4.69, 9.17) is 4.74 Å². The molecule has 0 aliphatic carbocycles. The van der Waals surface area contributed by atoms with Gasteiger partial charge in [-0.2, -0.15) is 0 Å².